The molecule has 0 aromatic heterocycles. The molecule has 2 N–H and O–H groups in total. The fourth-order valence-corrected chi connectivity index (χ4v) is 2.44. The van der Waals surface area contributed by atoms with Crippen molar-refractivity contribution in [3.05, 3.63) is 59.7 Å². The van der Waals surface area contributed by atoms with Crippen LogP contribution >= 0.6 is 0 Å². The fraction of sp³-hybridized carbons (Fsp3) is 0.278. The molecule has 1 atom stereocenters. The smallest absolute Gasteiger partial charge is 0.315 e. The van der Waals surface area contributed by atoms with Crippen LogP contribution in [0.2, 0.25) is 0 Å². The van der Waals surface area contributed by atoms with Crippen molar-refractivity contribution in [1.29, 1.82) is 0 Å². The van der Waals surface area contributed by atoms with E-state index in [2.05, 4.69) is 10.6 Å². The summed E-state index contributed by atoms with van der Waals surface area (Å²) in [5.74, 6) is 1.48. The summed E-state index contributed by atoms with van der Waals surface area (Å²) in [5.41, 5.74) is 2.04. The second-order valence-electron chi connectivity index (χ2n) is 5.44. The third kappa shape index (κ3) is 3.94. The van der Waals surface area contributed by atoms with Gasteiger partial charge in [-0.05, 0) is 30.2 Å². The van der Waals surface area contributed by atoms with Gasteiger partial charge < -0.3 is 20.1 Å². The van der Waals surface area contributed by atoms with Crippen LogP contribution in [0.5, 0.6) is 11.5 Å². The van der Waals surface area contributed by atoms with Crippen LogP contribution in [0.15, 0.2) is 48.5 Å². The molecule has 2 aromatic rings. The monoisotopic (exact) mass is 312 g/mol. The summed E-state index contributed by atoms with van der Waals surface area (Å²) in [4.78, 5) is 12.0. The Hall–Kier alpha value is -2.69. The number of urea groups is 1. The molecule has 23 heavy (non-hydrogen) atoms. The van der Waals surface area contributed by atoms with E-state index in [1.54, 1.807) is 0 Å². The highest BCUT2D eigenvalue weighted by Gasteiger charge is 2.15. The van der Waals surface area contributed by atoms with Crippen molar-refractivity contribution in [2.24, 2.45) is 0 Å². The third-order valence-corrected chi connectivity index (χ3v) is 3.71. The standard InChI is InChI=1S/C18H20N2O3/c1-13(15-7-8-16-17(11-15)23-10-9-22-16)20-18(21)19-12-14-5-3-2-4-6-14/h2-8,11,13H,9-10,12H2,1H3,(H2,19,20,21)/t13-/m0/s1. The minimum Gasteiger partial charge on any atom is -0.486 e. The summed E-state index contributed by atoms with van der Waals surface area (Å²) < 4.78 is 11.1. The zero-order valence-electron chi connectivity index (χ0n) is 13.0. The minimum atomic E-state index is -0.198. The van der Waals surface area contributed by atoms with Gasteiger partial charge in [0.15, 0.2) is 11.5 Å². The van der Waals surface area contributed by atoms with Crippen molar-refractivity contribution in [2.45, 2.75) is 19.5 Å². The van der Waals surface area contributed by atoms with Crippen LogP contribution in [0.1, 0.15) is 24.1 Å². The number of carbonyl (C=O) groups excluding carboxylic acids is 1. The van der Waals surface area contributed by atoms with Gasteiger partial charge in [-0.25, -0.2) is 4.79 Å². The van der Waals surface area contributed by atoms with E-state index in [-0.39, 0.29) is 12.1 Å². The van der Waals surface area contributed by atoms with Crippen LogP contribution in [0.3, 0.4) is 0 Å². The predicted molar refractivity (Wildman–Crippen MR) is 87.7 cm³/mol. The molecule has 2 amide bonds. The minimum absolute atomic E-state index is 0.124. The molecule has 120 valence electrons. The average molecular weight is 312 g/mol. The van der Waals surface area contributed by atoms with Gasteiger partial charge in [0.05, 0.1) is 6.04 Å². The molecule has 0 saturated heterocycles. The maximum Gasteiger partial charge on any atom is 0.315 e. The van der Waals surface area contributed by atoms with E-state index in [0.717, 1.165) is 22.6 Å². The Morgan fingerprint density at radius 3 is 2.61 bits per heavy atom. The first-order chi connectivity index (χ1) is 11.2. The van der Waals surface area contributed by atoms with Crippen molar-refractivity contribution in [3.8, 4) is 11.5 Å². The molecule has 1 aliphatic rings. The Labute approximate surface area is 135 Å². The lowest BCUT2D eigenvalue weighted by Crippen LogP contribution is -2.36. The second-order valence-corrected chi connectivity index (χ2v) is 5.44. The molecular weight excluding hydrogens is 292 g/mol. The van der Waals surface area contributed by atoms with E-state index in [4.69, 9.17) is 9.47 Å². The van der Waals surface area contributed by atoms with Gasteiger partial charge in [-0.15, -0.1) is 0 Å². The highest BCUT2D eigenvalue weighted by Crippen LogP contribution is 2.32. The van der Waals surface area contributed by atoms with E-state index < -0.39 is 0 Å². The van der Waals surface area contributed by atoms with E-state index in [9.17, 15) is 4.79 Å². The number of hydrogen-bond acceptors (Lipinski definition) is 3. The lowest BCUT2D eigenvalue weighted by molar-refractivity contribution is 0.171. The number of ether oxygens (including phenoxy) is 2. The molecule has 0 aliphatic carbocycles. The Bertz CT molecular complexity index is 673. The third-order valence-electron chi connectivity index (χ3n) is 3.71. The van der Waals surface area contributed by atoms with Crippen molar-refractivity contribution in [1.82, 2.24) is 10.6 Å². The zero-order valence-corrected chi connectivity index (χ0v) is 13.0. The highest BCUT2D eigenvalue weighted by molar-refractivity contribution is 5.74. The molecule has 5 nitrogen and oxygen atoms in total. The van der Waals surface area contributed by atoms with Crippen LogP contribution in [0.4, 0.5) is 4.79 Å². The summed E-state index contributed by atoms with van der Waals surface area (Å²) >= 11 is 0. The summed E-state index contributed by atoms with van der Waals surface area (Å²) in [5, 5.41) is 5.78. The Balaban J connectivity index is 1.56. The summed E-state index contributed by atoms with van der Waals surface area (Å²) in [6, 6.07) is 15.2. The van der Waals surface area contributed by atoms with Gasteiger partial charge in [0, 0.05) is 6.54 Å². The average Bonchev–Trinajstić information content (AvgIpc) is 2.60. The number of benzene rings is 2. The predicted octanol–water partition coefficient (Wildman–Crippen LogP) is 3.02. The van der Waals surface area contributed by atoms with E-state index in [1.807, 2.05) is 55.5 Å². The molecule has 0 saturated carbocycles. The largest absolute Gasteiger partial charge is 0.486 e. The highest BCUT2D eigenvalue weighted by atomic mass is 16.6. The van der Waals surface area contributed by atoms with Crippen LogP contribution in [-0.2, 0) is 6.54 Å². The van der Waals surface area contributed by atoms with Crippen LogP contribution in [0.25, 0.3) is 0 Å². The summed E-state index contributed by atoms with van der Waals surface area (Å²) in [6.07, 6.45) is 0. The second kappa shape index (κ2) is 7.05. The maximum absolute atomic E-state index is 12.0. The van der Waals surface area contributed by atoms with E-state index >= 15 is 0 Å². The Morgan fingerprint density at radius 2 is 1.83 bits per heavy atom. The summed E-state index contributed by atoms with van der Waals surface area (Å²) in [6.45, 7) is 3.56. The number of nitrogens with one attached hydrogen (secondary N) is 2. The number of hydrogen-bond donors (Lipinski definition) is 2. The number of rotatable bonds is 4. The van der Waals surface area contributed by atoms with E-state index in [1.165, 1.54) is 0 Å². The lowest BCUT2D eigenvalue weighted by Gasteiger charge is -2.21. The van der Waals surface area contributed by atoms with Gasteiger partial charge in [-0.3, -0.25) is 0 Å². The van der Waals surface area contributed by atoms with Crippen LogP contribution in [-0.4, -0.2) is 19.2 Å². The number of fused-ring (bicyclic) bond motifs is 1. The molecule has 5 heteroatoms. The molecule has 0 radical (unpaired) electrons. The van der Waals surface area contributed by atoms with Crippen molar-refractivity contribution >= 4 is 6.03 Å². The van der Waals surface area contributed by atoms with Crippen molar-refractivity contribution < 1.29 is 14.3 Å². The van der Waals surface area contributed by atoms with Gasteiger partial charge in [0.2, 0.25) is 0 Å². The van der Waals surface area contributed by atoms with Gasteiger partial charge in [-0.2, -0.15) is 0 Å². The van der Waals surface area contributed by atoms with Gasteiger partial charge in [0.1, 0.15) is 13.2 Å². The normalized spacial score (nSPS) is 14.0. The molecule has 2 aromatic carbocycles. The molecule has 0 spiro atoms. The van der Waals surface area contributed by atoms with E-state index in [0.29, 0.717) is 19.8 Å². The molecular formula is C18H20N2O3. The van der Waals surface area contributed by atoms with Crippen LogP contribution < -0.4 is 20.1 Å². The Morgan fingerprint density at radius 1 is 1.09 bits per heavy atom. The quantitative estimate of drug-likeness (QED) is 0.912. The molecule has 1 heterocycles. The molecule has 0 unspecified atom stereocenters. The first-order valence-electron chi connectivity index (χ1n) is 7.70. The summed E-state index contributed by atoms with van der Waals surface area (Å²) in [7, 11) is 0. The zero-order chi connectivity index (χ0) is 16.1. The molecule has 1 aliphatic heterocycles. The fourth-order valence-electron chi connectivity index (χ4n) is 2.44. The maximum atomic E-state index is 12.0. The van der Waals surface area contributed by atoms with Crippen molar-refractivity contribution in [2.75, 3.05) is 13.2 Å². The first-order valence-corrected chi connectivity index (χ1v) is 7.70. The number of carbonyl (C=O) groups is 1. The topological polar surface area (TPSA) is 59.6 Å². The van der Waals surface area contributed by atoms with Crippen molar-refractivity contribution in [3.63, 3.8) is 0 Å². The Kier molecular flexibility index (Phi) is 4.66. The lowest BCUT2D eigenvalue weighted by atomic mass is 10.1. The molecule has 3 rings (SSSR count). The molecule has 0 fully saturated rings. The first kappa shape index (κ1) is 15.2. The van der Waals surface area contributed by atoms with Gasteiger partial charge in [0.25, 0.3) is 0 Å². The van der Waals surface area contributed by atoms with Crippen LogP contribution in [0, 0.1) is 0 Å². The van der Waals surface area contributed by atoms with Gasteiger partial charge in [-0.1, -0.05) is 36.4 Å². The molecule has 0 bridgehead atoms. The van der Waals surface area contributed by atoms with Gasteiger partial charge >= 0.3 is 6.03 Å². The SMILES string of the molecule is C[C@H](NC(=O)NCc1ccccc1)c1ccc2c(c1)OCCO2. The number of amides is 2.